The maximum atomic E-state index is 13.2. The van der Waals surface area contributed by atoms with Gasteiger partial charge in [-0.05, 0) is 68.4 Å². The summed E-state index contributed by atoms with van der Waals surface area (Å²) < 4.78 is 40.4. The number of amides is 2. The van der Waals surface area contributed by atoms with Gasteiger partial charge >= 0.3 is 0 Å². The zero-order valence-corrected chi connectivity index (χ0v) is 19.9. The van der Waals surface area contributed by atoms with E-state index >= 15 is 0 Å². The molecule has 2 fully saturated rings. The molecule has 0 aromatic heterocycles. The van der Waals surface area contributed by atoms with Gasteiger partial charge in [-0.15, -0.1) is 0 Å². The van der Waals surface area contributed by atoms with Crippen LogP contribution in [-0.4, -0.2) is 80.7 Å². The zero-order chi connectivity index (χ0) is 24.3. The molecule has 0 bridgehead atoms. The van der Waals surface area contributed by atoms with Crippen LogP contribution in [0.25, 0.3) is 0 Å². The van der Waals surface area contributed by atoms with Gasteiger partial charge in [-0.3, -0.25) is 9.59 Å². The molecule has 2 heterocycles. The summed E-state index contributed by atoms with van der Waals surface area (Å²) in [6.45, 7) is 3.10. The number of anilines is 1. The Labute approximate surface area is 199 Å². The van der Waals surface area contributed by atoms with Gasteiger partial charge in [0, 0.05) is 50.5 Å². The number of benzene rings is 2. The highest BCUT2D eigenvalue weighted by molar-refractivity contribution is 7.89. The summed E-state index contributed by atoms with van der Waals surface area (Å²) in [4.78, 5) is 29.5. The van der Waals surface area contributed by atoms with Crippen molar-refractivity contribution in [2.75, 3.05) is 51.6 Å². The van der Waals surface area contributed by atoms with Gasteiger partial charge in [-0.2, -0.15) is 4.31 Å². The van der Waals surface area contributed by atoms with E-state index in [1.165, 1.54) is 40.7 Å². The highest BCUT2D eigenvalue weighted by Crippen LogP contribution is 2.23. The number of piperazine rings is 1. The summed E-state index contributed by atoms with van der Waals surface area (Å²) in [7, 11) is -1.61. The lowest BCUT2D eigenvalue weighted by Gasteiger charge is -2.32. The Kier molecular flexibility index (Phi) is 7.30. The molecule has 1 atom stereocenters. The summed E-state index contributed by atoms with van der Waals surface area (Å²) in [6, 6.07) is 11.6. The van der Waals surface area contributed by atoms with E-state index in [1.54, 1.807) is 17.0 Å². The minimum absolute atomic E-state index is 0.198. The number of piperidine rings is 1. The Bertz CT molecular complexity index is 1130. The van der Waals surface area contributed by atoms with Gasteiger partial charge in [0.05, 0.1) is 10.8 Å². The van der Waals surface area contributed by atoms with E-state index < -0.39 is 15.8 Å². The van der Waals surface area contributed by atoms with Gasteiger partial charge in [0.1, 0.15) is 5.82 Å². The van der Waals surface area contributed by atoms with Crippen LogP contribution in [0.5, 0.6) is 0 Å². The van der Waals surface area contributed by atoms with Crippen molar-refractivity contribution in [1.82, 2.24) is 14.1 Å². The van der Waals surface area contributed by atoms with Crippen molar-refractivity contribution in [2.24, 2.45) is 5.92 Å². The molecule has 0 radical (unpaired) electrons. The topological polar surface area (TPSA) is 90.0 Å². The molecule has 34 heavy (non-hydrogen) atoms. The fourth-order valence-corrected chi connectivity index (χ4v) is 5.70. The molecule has 2 aliphatic heterocycles. The minimum atomic E-state index is -3.57. The molecule has 0 saturated carbocycles. The van der Waals surface area contributed by atoms with Crippen LogP contribution in [0.15, 0.2) is 53.4 Å². The Balaban J connectivity index is 1.36. The van der Waals surface area contributed by atoms with Crippen LogP contribution >= 0.6 is 0 Å². The highest BCUT2D eigenvalue weighted by Gasteiger charge is 2.30. The third-order valence-electron chi connectivity index (χ3n) is 6.39. The Morgan fingerprint density at radius 3 is 2.24 bits per heavy atom. The van der Waals surface area contributed by atoms with Crippen LogP contribution in [0.4, 0.5) is 10.1 Å². The molecule has 10 heteroatoms. The van der Waals surface area contributed by atoms with E-state index in [0.717, 1.165) is 0 Å². The Hall–Kier alpha value is -2.82. The van der Waals surface area contributed by atoms with E-state index in [-0.39, 0.29) is 29.2 Å². The first-order valence-corrected chi connectivity index (χ1v) is 12.8. The second-order valence-corrected chi connectivity index (χ2v) is 10.8. The van der Waals surface area contributed by atoms with Gasteiger partial charge < -0.3 is 15.1 Å². The quantitative estimate of drug-likeness (QED) is 0.697. The first-order chi connectivity index (χ1) is 16.2. The standard InChI is InChI=1S/C24H29FN4O4S/c1-27-13-15-29(16-14-27)34(32,33)22-10-8-21(9-11-22)26-23(30)19-3-2-12-28(17-19)24(31)18-4-6-20(25)7-5-18/h4-11,19H,2-3,12-17H2,1H3,(H,26,30). The third kappa shape index (κ3) is 5.45. The maximum Gasteiger partial charge on any atom is 0.253 e. The number of nitrogens with one attached hydrogen (secondary N) is 1. The van der Waals surface area contributed by atoms with Crippen LogP contribution in [0.1, 0.15) is 23.2 Å². The van der Waals surface area contributed by atoms with Gasteiger partial charge in [-0.1, -0.05) is 0 Å². The fraction of sp³-hybridized carbons (Fsp3) is 0.417. The third-order valence-corrected chi connectivity index (χ3v) is 8.31. The molecule has 2 aliphatic rings. The van der Waals surface area contributed by atoms with Crippen molar-refractivity contribution in [3.8, 4) is 0 Å². The molecule has 4 rings (SSSR count). The van der Waals surface area contributed by atoms with Crippen molar-refractivity contribution in [3.05, 3.63) is 59.9 Å². The molecule has 0 aliphatic carbocycles. The largest absolute Gasteiger partial charge is 0.338 e. The Morgan fingerprint density at radius 1 is 0.941 bits per heavy atom. The van der Waals surface area contributed by atoms with Crippen molar-refractivity contribution >= 4 is 27.5 Å². The van der Waals surface area contributed by atoms with E-state index in [4.69, 9.17) is 0 Å². The predicted octanol–water partition coefficient (Wildman–Crippen LogP) is 2.25. The van der Waals surface area contributed by atoms with Gasteiger partial charge in [-0.25, -0.2) is 12.8 Å². The van der Waals surface area contributed by atoms with Crippen LogP contribution in [0.3, 0.4) is 0 Å². The predicted molar refractivity (Wildman–Crippen MR) is 126 cm³/mol. The molecular weight excluding hydrogens is 459 g/mol. The molecule has 2 saturated heterocycles. The molecule has 1 unspecified atom stereocenters. The number of sulfonamides is 1. The lowest BCUT2D eigenvalue weighted by molar-refractivity contribution is -0.121. The first-order valence-electron chi connectivity index (χ1n) is 11.4. The van der Waals surface area contributed by atoms with Crippen LogP contribution in [0, 0.1) is 11.7 Å². The number of carbonyl (C=O) groups excluding carboxylic acids is 2. The number of hydrogen-bond acceptors (Lipinski definition) is 5. The second-order valence-electron chi connectivity index (χ2n) is 8.82. The maximum absolute atomic E-state index is 13.2. The van der Waals surface area contributed by atoms with Gasteiger partial charge in [0.15, 0.2) is 0 Å². The van der Waals surface area contributed by atoms with Crippen molar-refractivity contribution in [2.45, 2.75) is 17.7 Å². The van der Waals surface area contributed by atoms with Gasteiger partial charge in [0.25, 0.3) is 5.91 Å². The molecule has 182 valence electrons. The first kappa shape index (κ1) is 24.3. The molecule has 1 N–H and O–H groups in total. The van der Waals surface area contributed by atoms with E-state index in [2.05, 4.69) is 10.2 Å². The number of rotatable bonds is 5. The average Bonchev–Trinajstić information content (AvgIpc) is 2.85. The normalized spacial score (nSPS) is 20.2. The van der Waals surface area contributed by atoms with Crippen LogP contribution in [-0.2, 0) is 14.8 Å². The molecule has 2 aromatic rings. The number of carbonyl (C=O) groups is 2. The number of likely N-dealkylation sites (tertiary alicyclic amines) is 1. The summed E-state index contributed by atoms with van der Waals surface area (Å²) in [5, 5.41) is 2.84. The highest BCUT2D eigenvalue weighted by atomic mass is 32.2. The van der Waals surface area contributed by atoms with Crippen molar-refractivity contribution in [3.63, 3.8) is 0 Å². The van der Waals surface area contributed by atoms with Crippen LogP contribution < -0.4 is 5.32 Å². The minimum Gasteiger partial charge on any atom is -0.338 e. The number of nitrogens with zero attached hydrogens (tertiary/aromatic N) is 3. The lowest BCUT2D eigenvalue weighted by atomic mass is 9.96. The van der Waals surface area contributed by atoms with Crippen molar-refractivity contribution in [1.29, 1.82) is 0 Å². The SMILES string of the molecule is CN1CCN(S(=O)(=O)c2ccc(NC(=O)C3CCCN(C(=O)c4ccc(F)cc4)C3)cc2)CC1. The van der Waals surface area contributed by atoms with E-state index in [1.807, 2.05) is 7.05 Å². The average molecular weight is 489 g/mol. The summed E-state index contributed by atoms with van der Waals surface area (Å²) in [5.74, 6) is -1.23. The number of hydrogen-bond donors (Lipinski definition) is 1. The molecule has 0 spiro atoms. The van der Waals surface area contributed by atoms with E-state index in [0.29, 0.717) is 56.8 Å². The zero-order valence-electron chi connectivity index (χ0n) is 19.1. The molecule has 2 aromatic carbocycles. The summed E-state index contributed by atoms with van der Waals surface area (Å²) in [6.07, 6.45) is 1.34. The van der Waals surface area contributed by atoms with E-state index in [9.17, 15) is 22.4 Å². The summed E-state index contributed by atoms with van der Waals surface area (Å²) >= 11 is 0. The second kappa shape index (κ2) is 10.2. The van der Waals surface area contributed by atoms with Crippen molar-refractivity contribution < 1.29 is 22.4 Å². The number of likely N-dealkylation sites (N-methyl/N-ethyl adjacent to an activating group) is 1. The molecular formula is C24H29FN4O4S. The molecule has 2 amide bonds. The number of halogens is 1. The molecule has 8 nitrogen and oxygen atoms in total. The Morgan fingerprint density at radius 2 is 1.59 bits per heavy atom. The van der Waals surface area contributed by atoms with Crippen LogP contribution in [0.2, 0.25) is 0 Å². The summed E-state index contributed by atoms with van der Waals surface area (Å²) in [5.41, 5.74) is 0.893. The smallest absolute Gasteiger partial charge is 0.253 e. The van der Waals surface area contributed by atoms with Gasteiger partial charge in [0.2, 0.25) is 15.9 Å². The monoisotopic (exact) mass is 488 g/mol. The fourth-order valence-electron chi connectivity index (χ4n) is 4.28. The lowest BCUT2D eigenvalue weighted by Crippen LogP contribution is -2.47.